The van der Waals surface area contributed by atoms with Crippen molar-refractivity contribution < 1.29 is 0 Å². The smallest absolute Gasteiger partial charge is 0.133 e. The molecule has 0 fully saturated rings. The predicted octanol–water partition coefficient (Wildman–Crippen LogP) is 1.89. The van der Waals surface area contributed by atoms with E-state index in [0.29, 0.717) is 6.42 Å². The minimum Gasteiger partial charge on any atom is -0.324 e. The number of allylic oxidation sites excluding steroid dienone is 1. The molecule has 1 unspecified atom stereocenters. The maximum Gasteiger partial charge on any atom is 0.133 e. The lowest BCUT2D eigenvalue weighted by atomic mass is 10.0. The first-order chi connectivity index (χ1) is 7.27. The van der Waals surface area contributed by atoms with Crippen LogP contribution in [-0.2, 0) is 0 Å². The molecule has 0 amide bonds. The molecular formula is C12H9N3. The molecule has 1 aliphatic rings. The average Bonchev–Trinajstić information content (AvgIpc) is 2.60. The van der Waals surface area contributed by atoms with Crippen LogP contribution in [0.25, 0.3) is 5.57 Å². The largest absolute Gasteiger partial charge is 0.324 e. The van der Waals surface area contributed by atoms with Crippen LogP contribution in [0.2, 0.25) is 0 Å². The van der Waals surface area contributed by atoms with Gasteiger partial charge in [-0.25, -0.2) is 0 Å². The highest BCUT2D eigenvalue weighted by atomic mass is 14.6. The van der Waals surface area contributed by atoms with Gasteiger partial charge in [-0.2, -0.15) is 10.5 Å². The van der Waals surface area contributed by atoms with Gasteiger partial charge in [0.05, 0.1) is 0 Å². The number of hydrogen-bond donors (Lipinski definition) is 1. The fourth-order valence-electron chi connectivity index (χ4n) is 1.93. The van der Waals surface area contributed by atoms with Gasteiger partial charge >= 0.3 is 0 Å². The van der Waals surface area contributed by atoms with E-state index >= 15 is 0 Å². The molecule has 1 aromatic rings. The monoisotopic (exact) mass is 195 g/mol. The summed E-state index contributed by atoms with van der Waals surface area (Å²) in [5.74, 6) is 0. The molecule has 0 radical (unpaired) electrons. The molecule has 0 spiro atoms. The van der Waals surface area contributed by atoms with E-state index in [1.807, 2.05) is 36.4 Å². The Morgan fingerprint density at radius 2 is 1.93 bits per heavy atom. The van der Waals surface area contributed by atoms with Gasteiger partial charge in [-0.1, -0.05) is 24.3 Å². The maximum atomic E-state index is 8.83. The normalized spacial score (nSPS) is 17.8. The van der Waals surface area contributed by atoms with Crippen LogP contribution in [0.5, 0.6) is 0 Å². The third-order valence-electron chi connectivity index (χ3n) is 2.63. The Morgan fingerprint density at radius 3 is 2.60 bits per heavy atom. The van der Waals surface area contributed by atoms with Gasteiger partial charge in [-0.15, -0.1) is 0 Å². The first kappa shape index (κ1) is 9.45. The number of rotatable bonds is 0. The SMILES string of the molecule is N#CC(C#N)=C1CC(N)c2ccccc21. The number of fused-ring (bicyclic) bond motifs is 1. The van der Waals surface area contributed by atoms with Crippen molar-refractivity contribution in [2.24, 2.45) is 5.73 Å². The van der Waals surface area contributed by atoms with E-state index < -0.39 is 0 Å². The molecule has 3 heteroatoms. The zero-order valence-electron chi connectivity index (χ0n) is 8.07. The highest BCUT2D eigenvalue weighted by Crippen LogP contribution is 2.39. The Labute approximate surface area is 88.1 Å². The van der Waals surface area contributed by atoms with Crippen LogP contribution < -0.4 is 5.73 Å². The van der Waals surface area contributed by atoms with Crippen LogP contribution in [0, 0.1) is 22.7 Å². The molecule has 1 aromatic carbocycles. The van der Waals surface area contributed by atoms with Crippen molar-refractivity contribution in [3.8, 4) is 12.1 Å². The zero-order chi connectivity index (χ0) is 10.8. The third kappa shape index (κ3) is 1.40. The van der Waals surface area contributed by atoms with Crippen LogP contribution in [-0.4, -0.2) is 0 Å². The summed E-state index contributed by atoms with van der Waals surface area (Å²) in [6, 6.07) is 11.4. The number of benzene rings is 1. The summed E-state index contributed by atoms with van der Waals surface area (Å²) in [7, 11) is 0. The lowest BCUT2D eigenvalue weighted by molar-refractivity contribution is 0.782. The topological polar surface area (TPSA) is 73.6 Å². The van der Waals surface area contributed by atoms with E-state index in [-0.39, 0.29) is 11.6 Å². The first-order valence-corrected chi connectivity index (χ1v) is 4.66. The van der Waals surface area contributed by atoms with E-state index in [0.717, 1.165) is 16.7 Å². The van der Waals surface area contributed by atoms with Crippen LogP contribution in [0.15, 0.2) is 29.8 Å². The molecule has 3 nitrogen and oxygen atoms in total. The van der Waals surface area contributed by atoms with Gasteiger partial charge in [0.25, 0.3) is 0 Å². The van der Waals surface area contributed by atoms with E-state index in [1.165, 1.54) is 0 Å². The van der Waals surface area contributed by atoms with Crippen LogP contribution in [0.1, 0.15) is 23.6 Å². The van der Waals surface area contributed by atoms with E-state index in [2.05, 4.69) is 0 Å². The Bertz CT molecular complexity index is 498. The minimum atomic E-state index is -0.0899. The van der Waals surface area contributed by atoms with Gasteiger partial charge in [0, 0.05) is 6.04 Å². The lowest BCUT2D eigenvalue weighted by Gasteiger charge is -2.01. The number of hydrogen-bond acceptors (Lipinski definition) is 3. The second kappa shape index (κ2) is 3.57. The Kier molecular flexibility index (Phi) is 2.25. The van der Waals surface area contributed by atoms with Gasteiger partial charge in [0.1, 0.15) is 17.7 Å². The molecule has 15 heavy (non-hydrogen) atoms. The molecule has 72 valence electrons. The summed E-state index contributed by atoms with van der Waals surface area (Å²) in [5.41, 5.74) is 8.86. The number of nitriles is 2. The highest BCUT2D eigenvalue weighted by molar-refractivity contribution is 5.80. The van der Waals surface area contributed by atoms with Crippen molar-refractivity contribution in [3.05, 3.63) is 41.0 Å². The maximum absolute atomic E-state index is 8.83. The van der Waals surface area contributed by atoms with E-state index in [1.54, 1.807) is 0 Å². The second-order valence-corrected chi connectivity index (χ2v) is 3.48. The summed E-state index contributed by atoms with van der Waals surface area (Å²) < 4.78 is 0. The van der Waals surface area contributed by atoms with Crippen LogP contribution in [0.4, 0.5) is 0 Å². The fourth-order valence-corrected chi connectivity index (χ4v) is 1.93. The van der Waals surface area contributed by atoms with Crippen molar-refractivity contribution in [1.29, 1.82) is 10.5 Å². The van der Waals surface area contributed by atoms with Crippen LogP contribution >= 0.6 is 0 Å². The lowest BCUT2D eigenvalue weighted by Crippen LogP contribution is -2.04. The molecule has 0 heterocycles. The van der Waals surface area contributed by atoms with Crippen molar-refractivity contribution in [1.82, 2.24) is 0 Å². The molecule has 2 N–H and O–H groups in total. The average molecular weight is 195 g/mol. The Balaban J connectivity index is 2.66. The van der Waals surface area contributed by atoms with Crippen molar-refractivity contribution >= 4 is 5.57 Å². The summed E-state index contributed by atoms with van der Waals surface area (Å²) in [4.78, 5) is 0. The predicted molar refractivity (Wildman–Crippen MR) is 56.1 cm³/mol. The Hall–Kier alpha value is -2.10. The summed E-state index contributed by atoms with van der Waals surface area (Å²) in [6.45, 7) is 0. The van der Waals surface area contributed by atoms with Gasteiger partial charge < -0.3 is 5.73 Å². The standard InChI is InChI=1S/C12H9N3/c13-6-8(7-14)11-5-12(15)10-4-2-1-3-9(10)11/h1-4,12H,5,15H2. The van der Waals surface area contributed by atoms with Gasteiger partial charge in [0.15, 0.2) is 0 Å². The van der Waals surface area contributed by atoms with Crippen LogP contribution in [0.3, 0.4) is 0 Å². The summed E-state index contributed by atoms with van der Waals surface area (Å²) in [6.07, 6.45) is 0.579. The molecule has 2 rings (SSSR count). The highest BCUT2D eigenvalue weighted by Gasteiger charge is 2.25. The fraction of sp³-hybridized carbons (Fsp3) is 0.167. The van der Waals surface area contributed by atoms with Gasteiger partial charge in [0.2, 0.25) is 0 Å². The third-order valence-corrected chi connectivity index (χ3v) is 2.63. The molecule has 0 saturated carbocycles. The summed E-state index contributed by atoms with van der Waals surface area (Å²) >= 11 is 0. The molecule has 0 aliphatic heterocycles. The molecule has 1 aliphatic carbocycles. The first-order valence-electron chi connectivity index (χ1n) is 4.66. The molecule has 0 bridgehead atoms. The number of nitrogens with two attached hydrogens (primary N) is 1. The molecule has 0 saturated heterocycles. The van der Waals surface area contributed by atoms with Gasteiger partial charge in [-0.05, 0) is 23.1 Å². The molecular weight excluding hydrogens is 186 g/mol. The summed E-state index contributed by atoms with van der Waals surface area (Å²) in [5, 5.41) is 17.7. The Morgan fingerprint density at radius 1 is 1.27 bits per heavy atom. The van der Waals surface area contributed by atoms with Crippen molar-refractivity contribution in [3.63, 3.8) is 0 Å². The van der Waals surface area contributed by atoms with Gasteiger partial charge in [-0.3, -0.25) is 0 Å². The van der Waals surface area contributed by atoms with Crippen molar-refractivity contribution in [2.45, 2.75) is 12.5 Å². The zero-order valence-corrected chi connectivity index (χ0v) is 8.07. The van der Waals surface area contributed by atoms with E-state index in [4.69, 9.17) is 16.3 Å². The quantitative estimate of drug-likeness (QED) is 0.642. The van der Waals surface area contributed by atoms with E-state index in [9.17, 15) is 0 Å². The second-order valence-electron chi connectivity index (χ2n) is 3.48. The molecule has 1 atom stereocenters. The number of nitrogens with zero attached hydrogens (tertiary/aromatic N) is 2. The van der Waals surface area contributed by atoms with Crippen molar-refractivity contribution in [2.75, 3.05) is 0 Å². The minimum absolute atomic E-state index is 0.0899. The molecule has 0 aromatic heterocycles.